The second-order valence-electron chi connectivity index (χ2n) is 3.72. The van der Waals surface area contributed by atoms with E-state index >= 15 is 0 Å². The predicted octanol–water partition coefficient (Wildman–Crippen LogP) is 3.91. The average Bonchev–Trinajstić information content (AvgIpc) is 2.17. The Morgan fingerprint density at radius 2 is 2.13 bits per heavy atom. The maximum absolute atomic E-state index is 6.02. The zero-order valence-corrected chi connectivity index (χ0v) is 12.6. The van der Waals surface area contributed by atoms with Crippen LogP contribution < -0.4 is 0 Å². The summed E-state index contributed by atoms with van der Waals surface area (Å²) < 4.78 is 7.30. The summed E-state index contributed by atoms with van der Waals surface area (Å²) in [4.78, 5) is 0. The summed E-state index contributed by atoms with van der Waals surface area (Å²) in [5.74, 6) is 0. The van der Waals surface area contributed by atoms with E-state index in [2.05, 4.69) is 66.5 Å². The van der Waals surface area contributed by atoms with Gasteiger partial charge in [-0.25, -0.2) is 0 Å². The monoisotopic (exact) mass is 332 g/mol. The summed E-state index contributed by atoms with van der Waals surface area (Å²) in [6, 6.07) is 8.39. The molecule has 1 aromatic rings. The van der Waals surface area contributed by atoms with Crippen LogP contribution in [0.5, 0.6) is 0 Å². The van der Waals surface area contributed by atoms with Crippen LogP contribution >= 0.6 is 22.6 Å². The van der Waals surface area contributed by atoms with E-state index in [4.69, 9.17) is 4.43 Å². The van der Waals surface area contributed by atoms with Crippen LogP contribution in [0.1, 0.15) is 18.1 Å². The first-order valence-electron chi connectivity index (χ1n) is 5.16. The van der Waals surface area contributed by atoms with Crippen LogP contribution in [0.4, 0.5) is 0 Å². The Bertz CT molecular complexity index is 325. The van der Waals surface area contributed by atoms with Crippen molar-refractivity contribution in [3.63, 3.8) is 0 Å². The molecule has 0 heterocycles. The second kappa shape index (κ2) is 6.45. The minimum absolute atomic E-state index is 0.197. The Hall–Kier alpha value is -0.133. The number of benzene rings is 1. The summed E-state index contributed by atoms with van der Waals surface area (Å²) >= 11 is 2.36. The molecule has 82 valence electrons. The fourth-order valence-electron chi connectivity index (χ4n) is 1.47. The average molecular weight is 332 g/mol. The van der Waals surface area contributed by atoms with E-state index in [1.807, 2.05) is 6.08 Å². The molecule has 0 N–H and O–H groups in total. The molecule has 0 amide bonds. The molecule has 1 unspecified atom stereocenters. The van der Waals surface area contributed by atoms with Gasteiger partial charge in [-0.3, -0.25) is 0 Å². The Morgan fingerprint density at radius 1 is 1.47 bits per heavy atom. The normalized spacial score (nSPS) is 12.8. The van der Waals surface area contributed by atoms with Crippen molar-refractivity contribution in [3.05, 3.63) is 46.1 Å². The highest BCUT2D eigenvalue weighted by molar-refractivity contribution is 14.1. The highest BCUT2D eigenvalue weighted by atomic mass is 127. The smallest absolute Gasteiger partial charge is 0.171 e. The van der Waals surface area contributed by atoms with E-state index in [-0.39, 0.29) is 6.10 Å². The van der Waals surface area contributed by atoms with E-state index in [0.29, 0.717) is 0 Å². The molecule has 3 heteroatoms. The van der Waals surface area contributed by atoms with Crippen LogP contribution in [-0.2, 0) is 4.43 Å². The molecule has 1 nitrogen and oxygen atoms in total. The number of rotatable bonds is 5. The standard InChI is InChI=1S/C12H17IOSi/c1-4-7-12(14-15(2)3)10-8-5-6-9-11(10)13/h4-6,8-9,12,15H,1,7H2,2-3H3. The first-order valence-corrected chi connectivity index (χ1v) is 9.02. The number of halogens is 1. The van der Waals surface area contributed by atoms with Gasteiger partial charge in [-0.05, 0) is 53.7 Å². The van der Waals surface area contributed by atoms with E-state index in [1.54, 1.807) is 0 Å². The van der Waals surface area contributed by atoms with Crippen LogP contribution in [0.2, 0.25) is 13.1 Å². The van der Waals surface area contributed by atoms with Gasteiger partial charge in [0.15, 0.2) is 9.04 Å². The third kappa shape index (κ3) is 4.08. The quantitative estimate of drug-likeness (QED) is 0.451. The fourth-order valence-corrected chi connectivity index (χ4v) is 3.12. The maximum Gasteiger partial charge on any atom is 0.171 e. The summed E-state index contributed by atoms with van der Waals surface area (Å²) in [5.41, 5.74) is 1.29. The lowest BCUT2D eigenvalue weighted by Crippen LogP contribution is -2.14. The molecule has 0 aliphatic carbocycles. The first-order chi connectivity index (χ1) is 7.15. The molecule has 0 fully saturated rings. The maximum atomic E-state index is 6.02. The SMILES string of the molecule is C=CCC(O[SiH](C)C)c1ccccc1I. The Balaban J connectivity index is 2.88. The second-order valence-corrected chi connectivity index (χ2v) is 7.25. The largest absolute Gasteiger partial charge is 0.413 e. The van der Waals surface area contributed by atoms with Gasteiger partial charge in [-0.15, -0.1) is 6.58 Å². The lowest BCUT2D eigenvalue weighted by atomic mass is 10.1. The van der Waals surface area contributed by atoms with Crippen molar-refractivity contribution in [2.24, 2.45) is 0 Å². The number of hydrogen-bond donors (Lipinski definition) is 0. The molecule has 1 aromatic carbocycles. The van der Waals surface area contributed by atoms with Crippen molar-refractivity contribution in [2.75, 3.05) is 0 Å². The molecule has 0 aliphatic heterocycles. The van der Waals surface area contributed by atoms with E-state index < -0.39 is 9.04 Å². The van der Waals surface area contributed by atoms with Crippen LogP contribution in [-0.4, -0.2) is 9.04 Å². The minimum Gasteiger partial charge on any atom is -0.413 e. The Kier molecular flexibility index (Phi) is 5.56. The van der Waals surface area contributed by atoms with Crippen molar-refractivity contribution in [1.29, 1.82) is 0 Å². The van der Waals surface area contributed by atoms with Gasteiger partial charge in [0.25, 0.3) is 0 Å². The van der Waals surface area contributed by atoms with Gasteiger partial charge in [0.2, 0.25) is 0 Å². The minimum atomic E-state index is -1.00. The summed E-state index contributed by atoms with van der Waals surface area (Å²) in [6.07, 6.45) is 3.03. The van der Waals surface area contributed by atoms with Gasteiger partial charge in [-0.1, -0.05) is 24.3 Å². The highest BCUT2D eigenvalue weighted by Gasteiger charge is 2.14. The molecule has 0 spiro atoms. The van der Waals surface area contributed by atoms with E-state index in [9.17, 15) is 0 Å². The Labute approximate surface area is 107 Å². The lowest BCUT2D eigenvalue weighted by molar-refractivity contribution is 0.212. The van der Waals surface area contributed by atoms with Crippen LogP contribution in [0.15, 0.2) is 36.9 Å². The molecule has 1 atom stereocenters. The van der Waals surface area contributed by atoms with E-state index in [0.717, 1.165) is 6.42 Å². The Morgan fingerprint density at radius 3 is 2.67 bits per heavy atom. The van der Waals surface area contributed by atoms with Crippen LogP contribution in [0.25, 0.3) is 0 Å². The molecular weight excluding hydrogens is 315 g/mol. The zero-order chi connectivity index (χ0) is 11.3. The third-order valence-corrected chi connectivity index (χ3v) is 3.92. The van der Waals surface area contributed by atoms with Crippen molar-refractivity contribution in [3.8, 4) is 0 Å². The first kappa shape index (κ1) is 12.9. The predicted molar refractivity (Wildman–Crippen MR) is 76.7 cm³/mol. The van der Waals surface area contributed by atoms with Crippen LogP contribution in [0.3, 0.4) is 0 Å². The third-order valence-electron chi connectivity index (χ3n) is 2.07. The molecule has 1 rings (SSSR count). The molecule has 0 bridgehead atoms. The van der Waals surface area contributed by atoms with Gasteiger partial charge in [0, 0.05) is 3.57 Å². The molecule has 0 aromatic heterocycles. The topological polar surface area (TPSA) is 9.23 Å². The van der Waals surface area contributed by atoms with Gasteiger partial charge in [-0.2, -0.15) is 0 Å². The molecule has 0 saturated heterocycles. The number of hydrogen-bond acceptors (Lipinski definition) is 1. The van der Waals surface area contributed by atoms with Crippen LogP contribution in [0, 0.1) is 3.57 Å². The highest BCUT2D eigenvalue weighted by Crippen LogP contribution is 2.26. The lowest BCUT2D eigenvalue weighted by Gasteiger charge is -2.20. The van der Waals surface area contributed by atoms with Crippen molar-refractivity contribution < 1.29 is 4.43 Å². The molecule has 15 heavy (non-hydrogen) atoms. The van der Waals surface area contributed by atoms with Crippen molar-refractivity contribution in [1.82, 2.24) is 0 Å². The van der Waals surface area contributed by atoms with Gasteiger partial charge < -0.3 is 4.43 Å². The molecular formula is C12H17IOSi. The molecule has 0 saturated carbocycles. The van der Waals surface area contributed by atoms with Crippen molar-refractivity contribution >= 4 is 31.6 Å². The van der Waals surface area contributed by atoms with E-state index in [1.165, 1.54) is 9.13 Å². The summed E-state index contributed by atoms with van der Waals surface area (Å²) in [7, 11) is -1.00. The molecule has 0 radical (unpaired) electrons. The zero-order valence-electron chi connectivity index (χ0n) is 9.24. The summed E-state index contributed by atoms with van der Waals surface area (Å²) in [6.45, 7) is 8.20. The summed E-state index contributed by atoms with van der Waals surface area (Å²) in [5, 5.41) is 0. The van der Waals surface area contributed by atoms with Crippen molar-refractivity contribution in [2.45, 2.75) is 25.6 Å². The van der Waals surface area contributed by atoms with Gasteiger partial charge in [0.1, 0.15) is 0 Å². The molecule has 0 aliphatic rings. The fraction of sp³-hybridized carbons (Fsp3) is 0.333. The van der Waals surface area contributed by atoms with Gasteiger partial charge >= 0.3 is 0 Å². The van der Waals surface area contributed by atoms with Gasteiger partial charge in [0.05, 0.1) is 6.10 Å².